The number of nitrogens with one attached hydrogen (secondary N) is 2. The lowest BCUT2D eigenvalue weighted by atomic mass is 10.1. The van der Waals surface area contributed by atoms with Gasteiger partial charge in [0.2, 0.25) is 5.91 Å². The maximum absolute atomic E-state index is 13.6. The minimum absolute atomic E-state index is 0.0308. The summed E-state index contributed by atoms with van der Waals surface area (Å²) in [5, 5.41) is 14.3. The van der Waals surface area contributed by atoms with Gasteiger partial charge in [0, 0.05) is 19.0 Å². The lowest BCUT2D eigenvalue weighted by Crippen LogP contribution is -2.43. The highest BCUT2D eigenvalue weighted by Crippen LogP contribution is 2.16. The largest absolute Gasteiger partial charge is 0.478 e. The van der Waals surface area contributed by atoms with Gasteiger partial charge in [-0.3, -0.25) is 4.79 Å². The van der Waals surface area contributed by atoms with Crippen molar-refractivity contribution in [2.45, 2.75) is 12.5 Å². The van der Waals surface area contributed by atoms with E-state index in [1.807, 2.05) is 0 Å². The normalized spacial score (nSPS) is 18.6. The lowest BCUT2D eigenvalue weighted by molar-refractivity contribution is -0.117. The third-order valence-electron chi connectivity index (χ3n) is 2.92. The van der Waals surface area contributed by atoms with Gasteiger partial charge in [0.1, 0.15) is 5.82 Å². The molecule has 0 saturated carbocycles. The van der Waals surface area contributed by atoms with Crippen molar-refractivity contribution < 1.29 is 23.8 Å². The zero-order chi connectivity index (χ0) is 14.5. The van der Waals surface area contributed by atoms with E-state index in [4.69, 9.17) is 9.84 Å². The summed E-state index contributed by atoms with van der Waals surface area (Å²) in [4.78, 5) is 22.4. The lowest BCUT2D eigenvalue weighted by Gasteiger charge is -2.23. The number of aromatic carboxylic acids is 1. The van der Waals surface area contributed by atoms with E-state index >= 15 is 0 Å². The van der Waals surface area contributed by atoms with Gasteiger partial charge in [-0.25, -0.2) is 9.18 Å². The number of rotatable bonds is 4. The van der Waals surface area contributed by atoms with Crippen molar-refractivity contribution >= 4 is 17.6 Å². The van der Waals surface area contributed by atoms with Crippen LogP contribution in [0.1, 0.15) is 16.8 Å². The van der Waals surface area contributed by atoms with Gasteiger partial charge in [0.05, 0.1) is 24.5 Å². The average Bonchev–Trinajstić information content (AvgIpc) is 2.42. The van der Waals surface area contributed by atoms with Crippen LogP contribution in [-0.2, 0) is 9.53 Å². The molecule has 1 aliphatic heterocycles. The van der Waals surface area contributed by atoms with E-state index in [1.54, 1.807) is 0 Å². The Labute approximate surface area is 114 Å². The Morgan fingerprint density at radius 3 is 2.90 bits per heavy atom. The zero-order valence-corrected chi connectivity index (χ0v) is 10.7. The van der Waals surface area contributed by atoms with Crippen LogP contribution in [0.15, 0.2) is 18.2 Å². The quantitative estimate of drug-likeness (QED) is 0.761. The number of hydrogen-bond donors (Lipinski definition) is 3. The van der Waals surface area contributed by atoms with Crippen molar-refractivity contribution in [3.63, 3.8) is 0 Å². The first-order valence-corrected chi connectivity index (χ1v) is 6.20. The molecular weight excluding hydrogens is 267 g/mol. The van der Waals surface area contributed by atoms with Crippen LogP contribution in [0.2, 0.25) is 0 Å². The molecule has 7 heteroatoms. The number of carbonyl (C=O) groups excluding carboxylic acids is 1. The number of amides is 1. The number of carboxylic acids is 1. The number of halogens is 1. The summed E-state index contributed by atoms with van der Waals surface area (Å²) in [7, 11) is 0. The van der Waals surface area contributed by atoms with Crippen LogP contribution in [0, 0.1) is 5.82 Å². The molecule has 0 spiro atoms. The molecule has 1 unspecified atom stereocenters. The Kier molecular flexibility index (Phi) is 4.65. The van der Waals surface area contributed by atoms with Gasteiger partial charge >= 0.3 is 5.97 Å². The van der Waals surface area contributed by atoms with Gasteiger partial charge in [-0.15, -0.1) is 0 Å². The molecule has 6 nitrogen and oxygen atoms in total. The number of carboxylic acid groups (broad SMARTS) is 1. The summed E-state index contributed by atoms with van der Waals surface area (Å²) < 4.78 is 18.8. The van der Waals surface area contributed by atoms with E-state index < -0.39 is 11.8 Å². The Balaban J connectivity index is 1.95. The van der Waals surface area contributed by atoms with Crippen LogP contribution in [0.3, 0.4) is 0 Å². The Hall–Kier alpha value is -1.99. The smallest absolute Gasteiger partial charge is 0.335 e. The molecule has 0 aliphatic carbocycles. The summed E-state index contributed by atoms with van der Waals surface area (Å²) in [5.41, 5.74) is -0.195. The summed E-state index contributed by atoms with van der Waals surface area (Å²) in [6.45, 7) is 1.73. The van der Waals surface area contributed by atoms with Crippen molar-refractivity contribution in [2.75, 3.05) is 25.1 Å². The molecule has 1 aliphatic rings. The zero-order valence-electron chi connectivity index (χ0n) is 10.7. The second kappa shape index (κ2) is 6.44. The molecule has 1 aromatic rings. The molecule has 1 heterocycles. The fourth-order valence-electron chi connectivity index (χ4n) is 1.93. The summed E-state index contributed by atoms with van der Waals surface area (Å²) in [6.07, 6.45) is 0.167. The predicted molar refractivity (Wildman–Crippen MR) is 69.2 cm³/mol. The molecule has 0 radical (unpaired) electrons. The van der Waals surface area contributed by atoms with Crippen LogP contribution in [-0.4, -0.2) is 42.8 Å². The van der Waals surface area contributed by atoms with Crippen molar-refractivity contribution in [3.8, 4) is 0 Å². The third-order valence-corrected chi connectivity index (χ3v) is 2.92. The van der Waals surface area contributed by atoms with Crippen LogP contribution in [0.5, 0.6) is 0 Å². The molecule has 1 atom stereocenters. The highest BCUT2D eigenvalue weighted by molar-refractivity contribution is 5.93. The van der Waals surface area contributed by atoms with Crippen molar-refractivity contribution in [1.82, 2.24) is 5.32 Å². The van der Waals surface area contributed by atoms with Crippen molar-refractivity contribution in [1.29, 1.82) is 0 Å². The number of ether oxygens (including phenoxy) is 1. The molecule has 2 rings (SSSR count). The second-order valence-corrected chi connectivity index (χ2v) is 4.48. The fraction of sp³-hybridized carbons (Fsp3) is 0.385. The van der Waals surface area contributed by atoms with Gasteiger partial charge in [-0.2, -0.15) is 0 Å². The van der Waals surface area contributed by atoms with Gasteiger partial charge < -0.3 is 20.5 Å². The molecule has 1 saturated heterocycles. The highest BCUT2D eigenvalue weighted by atomic mass is 19.1. The number of benzene rings is 1. The van der Waals surface area contributed by atoms with Crippen molar-refractivity contribution in [3.05, 3.63) is 29.6 Å². The van der Waals surface area contributed by atoms with Gasteiger partial charge in [0.15, 0.2) is 0 Å². The van der Waals surface area contributed by atoms with Gasteiger partial charge in [-0.1, -0.05) is 0 Å². The summed E-state index contributed by atoms with van der Waals surface area (Å²) in [5.74, 6) is -2.34. The molecule has 1 fully saturated rings. The van der Waals surface area contributed by atoms with E-state index in [9.17, 15) is 14.0 Å². The van der Waals surface area contributed by atoms with E-state index in [2.05, 4.69) is 10.6 Å². The van der Waals surface area contributed by atoms with E-state index in [1.165, 1.54) is 12.1 Å². The first-order chi connectivity index (χ1) is 9.56. The summed E-state index contributed by atoms with van der Waals surface area (Å²) >= 11 is 0. The molecule has 108 valence electrons. The minimum atomic E-state index is -1.22. The number of anilines is 1. The fourth-order valence-corrected chi connectivity index (χ4v) is 1.93. The standard InChI is InChI=1S/C13H15FN2O4/c14-10-5-8(13(18)19)1-2-11(10)16-12(17)6-9-7-20-4-3-15-9/h1-2,5,9,15H,3-4,6-7H2,(H,16,17)(H,18,19). The molecule has 0 aromatic heterocycles. The van der Waals surface area contributed by atoms with Crippen LogP contribution < -0.4 is 10.6 Å². The second-order valence-electron chi connectivity index (χ2n) is 4.48. The van der Waals surface area contributed by atoms with E-state index in [-0.39, 0.29) is 29.6 Å². The molecule has 0 bridgehead atoms. The van der Waals surface area contributed by atoms with Gasteiger partial charge in [0.25, 0.3) is 0 Å². The SMILES string of the molecule is O=C(CC1COCCN1)Nc1ccc(C(=O)O)cc1F. The topological polar surface area (TPSA) is 87.7 Å². The number of carbonyl (C=O) groups is 2. The first kappa shape index (κ1) is 14.4. The number of morpholine rings is 1. The van der Waals surface area contributed by atoms with Crippen LogP contribution in [0.25, 0.3) is 0 Å². The van der Waals surface area contributed by atoms with Crippen LogP contribution in [0.4, 0.5) is 10.1 Å². The van der Waals surface area contributed by atoms with E-state index in [0.717, 1.165) is 6.07 Å². The highest BCUT2D eigenvalue weighted by Gasteiger charge is 2.18. The monoisotopic (exact) mass is 282 g/mol. The van der Waals surface area contributed by atoms with E-state index in [0.29, 0.717) is 19.8 Å². The Bertz CT molecular complexity index is 515. The molecule has 3 N–H and O–H groups in total. The maximum Gasteiger partial charge on any atom is 0.335 e. The summed E-state index contributed by atoms with van der Waals surface area (Å²) in [6, 6.07) is 3.26. The average molecular weight is 282 g/mol. The van der Waals surface area contributed by atoms with Gasteiger partial charge in [-0.05, 0) is 18.2 Å². The van der Waals surface area contributed by atoms with Crippen LogP contribution >= 0.6 is 0 Å². The Morgan fingerprint density at radius 2 is 2.30 bits per heavy atom. The third kappa shape index (κ3) is 3.75. The number of hydrogen-bond acceptors (Lipinski definition) is 4. The molecular formula is C13H15FN2O4. The first-order valence-electron chi connectivity index (χ1n) is 6.20. The maximum atomic E-state index is 13.6. The minimum Gasteiger partial charge on any atom is -0.478 e. The Morgan fingerprint density at radius 1 is 1.50 bits per heavy atom. The van der Waals surface area contributed by atoms with Crippen molar-refractivity contribution in [2.24, 2.45) is 0 Å². The molecule has 1 aromatic carbocycles. The molecule has 20 heavy (non-hydrogen) atoms. The predicted octanol–water partition coefficient (Wildman–Crippen LogP) is 0.841. The molecule has 1 amide bonds.